The Labute approximate surface area is 120 Å². The highest BCUT2D eigenvalue weighted by molar-refractivity contribution is 6.04. The predicted octanol–water partition coefficient (Wildman–Crippen LogP) is 4.04. The van der Waals surface area contributed by atoms with Gasteiger partial charge >= 0.3 is 5.97 Å². The Hall–Kier alpha value is -2.04. The lowest BCUT2D eigenvalue weighted by Crippen LogP contribution is -2.17. The van der Waals surface area contributed by atoms with Gasteiger partial charge in [0, 0.05) is 11.6 Å². The SMILES string of the molecule is CCC1CCCc2c1nc1c(F)ccc(F)c1c2C(=O)O. The molecule has 110 valence electrons. The van der Waals surface area contributed by atoms with Crippen LogP contribution in [0.3, 0.4) is 0 Å². The number of hydrogen-bond donors (Lipinski definition) is 1. The third-order valence-corrected chi connectivity index (χ3v) is 4.24. The van der Waals surface area contributed by atoms with Crippen LogP contribution in [0.25, 0.3) is 10.9 Å². The average molecular weight is 291 g/mol. The van der Waals surface area contributed by atoms with Crippen LogP contribution in [-0.4, -0.2) is 16.1 Å². The van der Waals surface area contributed by atoms with Gasteiger partial charge < -0.3 is 5.11 Å². The highest BCUT2D eigenvalue weighted by Gasteiger charge is 2.29. The number of rotatable bonds is 2. The minimum atomic E-state index is -1.22. The smallest absolute Gasteiger partial charge is 0.336 e. The third kappa shape index (κ3) is 2.07. The number of carbonyl (C=O) groups is 1. The van der Waals surface area contributed by atoms with Crippen molar-refractivity contribution in [2.45, 2.75) is 38.5 Å². The van der Waals surface area contributed by atoms with E-state index >= 15 is 0 Å². The van der Waals surface area contributed by atoms with Gasteiger partial charge in [-0.05, 0) is 43.4 Å². The van der Waals surface area contributed by atoms with Gasteiger partial charge in [-0.15, -0.1) is 0 Å². The Bertz CT molecular complexity index is 743. The molecular formula is C16H15F2NO2. The number of aromatic carboxylic acids is 1. The van der Waals surface area contributed by atoms with E-state index in [1.54, 1.807) is 0 Å². The van der Waals surface area contributed by atoms with E-state index in [2.05, 4.69) is 4.98 Å². The highest BCUT2D eigenvalue weighted by Crippen LogP contribution is 2.38. The molecule has 0 amide bonds. The quantitative estimate of drug-likeness (QED) is 0.908. The van der Waals surface area contributed by atoms with Crippen molar-refractivity contribution in [3.8, 4) is 0 Å². The van der Waals surface area contributed by atoms with E-state index in [0.717, 1.165) is 31.4 Å². The average Bonchev–Trinajstić information content (AvgIpc) is 2.48. The van der Waals surface area contributed by atoms with Crippen molar-refractivity contribution in [3.05, 3.63) is 40.6 Å². The van der Waals surface area contributed by atoms with Gasteiger partial charge in [0.2, 0.25) is 0 Å². The van der Waals surface area contributed by atoms with Gasteiger partial charge in [0.1, 0.15) is 17.2 Å². The van der Waals surface area contributed by atoms with Crippen molar-refractivity contribution in [1.82, 2.24) is 4.98 Å². The van der Waals surface area contributed by atoms with Crippen LogP contribution in [0.2, 0.25) is 0 Å². The van der Waals surface area contributed by atoms with Crippen LogP contribution in [0.1, 0.15) is 53.7 Å². The van der Waals surface area contributed by atoms with E-state index in [0.29, 0.717) is 17.7 Å². The zero-order valence-electron chi connectivity index (χ0n) is 11.6. The zero-order chi connectivity index (χ0) is 15.1. The third-order valence-electron chi connectivity index (χ3n) is 4.24. The molecule has 1 aliphatic carbocycles. The summed E-state index contributed by atoms with van der Waals surface area (Å²) in [6.07, 6.45) is 3.10. The monoisotopic (exact) mass is 291 g/mol. The molecule has 1 atom stereocenters. The minimum absolute atomic E-state index is 0.110. The van der Waals surface area contributed by atoms with Crippen molar-refractivity contribution in [3.63, 3.8) is 0 Å². The molecule has 0 aliphatic heterocycles. The molecule has 2 aromatic rings. The molecule has 21 heavy (non-hydrogen) atoms. The summed E-state index contributed by atoms with van der Waals surface area (Å²) in [4.78, 5) is 15.9. The van der Waals surface area contributed by atoms with Crippen molar-refractivity contribution in [1.29, 1.82) is 0 Å². The summed E-state index contributed by atoms with van der Waals surface area (Å²) in [5.74, 6) is -2.53. The number of nitrogens with zero attached hydrogens (tertiary/aromatic N) is 1. The van der Waals surface area contributed by atoms with E-state index in [4.69, 9.17) is 0 Å². The summed E-state index contributed by atoms with van der Waals surface area (Å²) in [6.45, 7) is 1.99. The van der Waals surface area contributed by atoms with Crippen LogP contribution in [0.15, 0.2) is 12.1 Å². The summed E-state index contributed by atoms with van der Waals surface area (Å²) in [5.41, 5.74) is 0.896. The lowest BCUT2D eigenvalue weighted by Gasteiger charge is -2.25. The molecule has 0 radical (unpaired) electrons. The molecule has 0 fully saturated rings. The fourth-order valence-corrected chi connectivity index (χ4v) is 3.24. The molecule has 0 bridgehead atoms. The number of benzene rings is 1. The van der Waals surface area contributed by atoms with Gasteiger partial charge in [-0.1, -0.05) is 6.92 Å². The maximum absolute atomic E-state index is 14.1. The van der Waals surface area contributed by atoms with Crippen LogP contribution in [0, 0.1) is 11.6 Å². The second kappa shape index (κ2) is 5.06. The topological polar surface area (TPSA) is 50.2 Å². The van der Waals surface area contributed by atoms with E-state index in [1.807, 2.05) is 6.92 Å². The zero-order valence-corrected chi connectivity index (χ0v) is 11.6. The Morgan fingerprint density at radius 3 is 2.76 bits per heavy atom. The van der Waals surface area contributed by atoms with Crippen molar-refractivity contribution in [2.24, 2.45) is 0 Å². The Morgan fingerprint density at radius 1 is 1.38 bits per heavy atom. The van der Waals surface area contributed by atoms with Crippen LogP contribution >= 0.6 is 0 Å². The largest absolute Gasteiger partial charge is 0.478 e. The summed E-state index contributed by atoms with van der Waals surface area (Å²) < 4.78 is 28.1. The fourth-order valence-electron chi connectivity index (χ4n) is 3.24. The van der Waals surface area contributed by atoms with E-state index in [1.165, 1.54) is 0 Å². The predicted molar refractivity (Wildman–Crippen MR) is 74.6 cm³/mol. The molecule has 1 heterocycles. The number of halogens is 2. The molecule has 0 spiro atoms. The molecule has 1 aromatic carbocycles. The maximum atomic E-state index is 14.1. The Kier molecular flexibility index (Phi) is 3.35. The molecule has 1 aliphatic rings. The molecular weight excluding hydrogens is 276 g/mol. The van der Waals surface area contributed by atoms with Crippen LogP contribution in [0.4, 0.5) is 8.78 Å². The number of aromatic nitrogens is 1. The fraction of sp³-hybridized carbons (Fsp3) is 0.375. The first-order valence-electron chi connectivity index (χ1n) is 7.08. The number of carboxylic acid groups (broad SMARTS) is 1. The van der Waals surface area contributed by atoms with Crippen LogP contribution in [0.5, 0.6) is 0 Å². The summed E-state index contributed by atoms with van der Waals surface area (Å²) in [5, 5.41) is 9.29. The second-order valence-corrected chi connectivity index (χ2v) is 5.41. The molecule has 0 saturated heterocycles. The van der Waals surface area contributed by atoms with E-state index in [-0.39, 0.29) is 22.4 Å². The van der Waals surface area contributed by atoms with E-state index < -0.39 is 17.6 Å². The summed E-state index contributed by atoms with van der Waals surface area (Å²) in [6, 6.07) is 1.95. The van der Waals surface area contributed by atoms with Gasteiger partial charge in [0.15, 0.2) is 0 Å². The van der Waals surface area contributed by atoms with Gasteiger partial charge in [0.05, 0.1) is 10.9 Å². The van der Waals surface area contributed by atoms with Crippen LogP contribution < -0.4 is 0 Å². The first-order chi connectivity index (χ1) is 10.0. The van der Waals surface area contributed by atoms with E-state index in [9.17, 15) is 18.7 Å². The molecule has 5 heteroatoms. The van der Waals surface area contributed by atoms with Gasteiger partial charge in [-0.2, -0.15) is 0 Å². The van der Waals surface area contributed by atoms with Gasteiger partial charge in [-0.25, -0.2) is 18.6 Å². The second-order valence-electron chi connectivity index (χ2n) is 5.41. The number of pyridine rings is 1. The van der Waals surface area contributed by atoms with Crippen molar-refractivity contribution < 1.29 is 18.7 Å². The summed E-state index contributed by atoms with van der Waals surface area (Å²) >= 11 is 0. The number of carboxylic acids is 1. The number of hydrogen-bond acceptors (Lipinski definition) is 2. The van der Waals surface area contributed by atoms with Crippen molar-refractivity contribution >= 4 is 16.9 Å². The first kappa shape index (κ1) is 13.9. The standard InChI is InChI=1S/C16H15F2NO2/c1-2-8-4-3-5-9-12(16(20)21)13-10(17)6-7-11(18)15(13)19-14(8)9/h6-8H,2-5H2,1H3,(H,20,21). The molecule has 3 rings (SSSR count). The van der Waals surface area contributed by atoms with Gasteiger partial charge in [0.25, 0.3) is 0 Å². The Morgan fingerprint density at radius 2 is 2.10 bits per heavy atom. The van der Waals surface area contributed by atoms with Crippen LogP contribution in [-0.2, 0) is 6.42 Å². The number of fused-ring (bicyclic) bond motifs is 2. The Balaban J connectivity index is 2.47. The van der Waals surface area contributed by atoms with Gasteiger partial charge in [-0.3, -0.25) is 0 Å². The van der Waals surface area contributed by atoms with Crippen molar-refractivity contribution in [2.75, 3.05) is 0 Å². The lowest BCUT2D eigenvalue weighted by molar-refractivity contribution is 0.0697. The molecule has 0 saturated carbocycles. The highest BCUT2D eigenvalue weighted by atomic mass is 19.1. The molecule has 1 unspecified atom stereocenters. The lowest BCUT2D eigenvalue weighted by atomic mass is 9.82. The summed E-state index contributed by atoms with van der Waals surface area (Å²) in [7, 11) is 0. The minimum Gasteiger partial charge on any atom is -0.478 e. The maximum Gasteiger partial charge on any atom is 0.336 e. The molecule has 1 N–H and O–H groups in total. The normalized spacial score (nSPS) is 17.8. The first-order valence-corrected chi connectivity index (χ1v) is 7.08. The molecule has 3 nitrogen and oxygen atoms in total. The molecule has 1 aromatic heterocycles.